The van der Waals surface area contributed by atoms with Crippen molar-refractivity contribution in [3.05, 3.63) is 75.3 Å². The molecule has 4 rings (SSSR count). The van der Waals surface area contributed by atoms with Crippen molar-refractivity contribution in [2.45, 2.75) is 39.5 Å². The summed E-state index contributed by atoms with van der Waals surface area (Å²) in [7, 11) is 1.76. The average molecular weight is 552 g/mol. The molecule has 0 atom stereocenters. The van der Waals surface area contributed by atoms with Crippen LogP contribution in [0.3, 0.4) is 0 Å². The van der Waals surface area contributed by atoms with E-state index < -0.39 is 5.82 Å². The zero-order valence-electron chi connectivity index (χ0n) is 22.1. The molecular weight excluding hydrogens is 521 g/mol. The van der Waals surface area contributed by atoms with Gasteiger partial charge in [0.15, 0.2) is 0 Å². The summed E-state index contributed by atoms with van der Waals surface area (Å²) in [6.07, 6.45) is 4.21. The van der Waals surface area contributed by atoms with E-state index in [4.69, 9.17) is 11.6 Å². The molecule has 1 aliphatic heterocycles. The van der Waals surface area contributed by atoms with Crippen LogP contribution < -0.4 is 21.3 Å². The predicted molar refractivity (Wildman–Crippen MR) is 154 cm³/mol. The lowest BCUT2D eigenvalue weighted by atomic mass is 10.0. The molecule has 39 heavy (non-hydrogen) atoms. The first-order chi connectivity index (χ1) is 18.7. The fourth-order valence-corrected chi connectivity index (χ4v) is 4.80. The van der Waals surface area contributed by atoms with Crippen LogP contribution in [-0.2, 0) is 9.59 Å². The van der Waals surface area contributed by atoms with Crippen molar-refractivity contribution in [2.75, 3.05) is 29.5 Å². The molecule has 3 amide bonds. The zero-order valence-corrected chi connectivity index (χ0v) is 22.8. The highest BCUT2D eigenvalue weighted by atomic mass is 35.5. The Bertz CT molecular complexity index is 1460. The highest BCUT2D eigenvalue weighted by Gasteiger charge is 2.26. The largest absolute Gasteiger partial charge is 0.386 e. The number of amides is 3. The normalized spacial score (nSPS) is 13.3. The van der Waals surface area contributed by atoms with Gasteiger partial charge in [0, 0.05) is 47.7 Å². The second-order valence-electron chi connectivity index (χ2n) is 9.42. The van der Waals surface area contributed by atoms with Crippen LogP contribution in [0.4, 0.5) is 21.5 Å². The van der Waals surface area contributed by atoms with Crippen LogP contribution >= 0.6 is 11.6 Å². The SMILES string of the molecule is CNc1cc(Cl)ccc1NC(=O)CCCCCNC(=O)c1c(C)[nH]c(/C=C2\C(=O)Nc3ccc(F)cc32)c1C. The highest BCUT2D eigenvalue weighted by molar-refractivity contribution is 6.35. The van der Waals surface area contributed by atoms with Gasteiger partial charge in [-0.1, -0.05) is 18.0 Å². The molecule has 5 N–H and O–H groups in total. The number of H-pyrrole nitrogens is 1. The summed E-state index contributed by atoms with van der Waals surface area (Å²) in [5, 5.41) is 12.2. The van der Waals surface area contributed by atoms with E-state index in [1.807, 2.05) is 6.92 Å². The van der Waals surface area contributed by atoms with E-state index in [-0.39, 0.29) is 17.7 Å². The van der Waals surface area contributed by atoms with Gasteiger partial charge in [-0.15, -0.1) is 0 Å². The standard InChI is InChI=1S/C29H31ClFN5O3/c1-16-24(15-21-20-14-19(31)9-11-22(20)36-28(21)38)34-17(2)27(16)29(39)33-12-6-4-5-7-26(37)35-23-10-8-18(30)13-25(23)32-3/h8-11,13-15,32,34H,4-7,12H2,1-3H3,(H,33,39)(H,35,37)(H,36,38)/b21-15-. The summed E-state index contributed by atoms with van der Waals surface area (Å²) < 4.78 is 13.8. The van der Waals surface area contributed by atoms with Crippen LogP contribution in [0.1, 0.15) is 58.6 Å². The van der Waals surface area contributed by atoms with Gasteiger partial charge in [0.05, 0.1) is 22.5 Å². The number of carbonyl (C=O) groups excluding carboxylic acids is 3. The quantitative estimate of drug-likeness (QED) is 0.160. The number of aryl methyl sites for hydroxylation is 1. The number of nitrogens with one attached hydrogen (secondary N) is 5. The van der Waals surface area contributed by atoms with Crippen molar-refractivity contribution in [3.63, 3.8) is 0 Å². The average Bonchev–Trinajstić information content (AvgIpc) is 3.36. The van der Waals surface area contributed by atoms with Gasteiger partial charge in [0.1, 0.15) is 5.82 Å². The summed E-state index contributed by atoms with van der Waals surface area (Å²) >= 11 is 5.99. The van der Waals surface area contributed by atoms with Crippen LogP contribution in [-0.4, -0.2) is 36.3 Å². The number of rotatable bonds is 10. The zero-order chi connectivity index (χ0) is 28.1. The fraction of sp³-hybridized carbons (Fsp3) is 0.276. The van der Waals surface area contributed by atoms with Crippen molar-refractivity contribution in [3.8, 4) is 0 Å². The summed E-state index contributed by atoms with van der Waals surface area (Å²) in [6.45, 7) is 4.07. The minimum Gasteiger partial charge on any atom is -0.386 e. The molecule has 0 saturated heterocycles. The second-order valence-corrected chi connectivity index (χ2v) is 9.86. The first-order valence-corrected chi connectivity index (χ1v) is 13.1. The van der Waals surface area contributed by atoms with Gasteiger partial charge in [0.2, 0.25) is 5.91 Å². The molecule has 204 valence electrons. The second kappa shape index (κ2) is 12.2. The van der Waals surface area contributed by atoms with Crippen molar-refractivity contribution in [1.82, 2.24) is 10.3 Å². The highest BCUT2D eigenvalue weighted by Crippen LogP contribution is 2.34. The Hall–Kier alpha value is -4.11. The number of fused-ring (bicyclic) bond motifs is 1. The monoisotopic (exact) mass is 551 g/mol. The first kappa shape index (κ1) is 27.9. The number of carbonyl (C=O) groups is 3. The molecule has 1 aliphatic rings. The fourth-order valence-electron chi connectivity index (χ4n) is 4.63. The Kier molecular flexibility index (Phi) is 8.71. The third-order valence-electron chi connectivity index (χ3n) is 6.65. The minimum absolute atomic E-state index is 0.0839. The Balaban J connectivity index is 1.27. The molecule has 3 aromatic rings. The van der Waals surface area contributed by atoms with Gasteiger partial charge in [-0.25, -0.2) is 4.39 Å². The predicted octanol–water partition coefficient (Wildman–Crippen LogP) is 5.89. The van der Waals surface area contributed by atoms with Crippen LogP contribution in [0.5, 0.6) is 0 Å². The van der Waals surface area contributed by atoms with Crippen molar-refractivity contribution >= 4 is 58.0 Å². The molecule has 2 heterocycles. The van der Waals surface area contributed by atoms with Crippen molar-refractivity contribution in [2.24, 2.45) is 0 Å². The molecule has 2 aromatic carbocycles. The van der Waals surface area contributed by atoms with Crippen LogP contribution in [0, 0.1) is 19.7 Å². The van der Waals surface area contributed by atoms with E-state index in [0.717, 1.165) is 18.5 Å². The van der Waals surface area contributed by atoms with Gasteiger partial charge < -0.3 is 26.3 Å². The maximum absolute atomic E-state index is 13.8. The molecule has 0 radical (unpaired) electrons. The summed E-state index contributed by atoms with van der Waals surface area (Å²) in [5.41, 5.74) is 5.32. The molecule has 0 aliphatic carbocycles. The van der Waals surface area contributed by atoms with Crippen molar-refractivity contribution in [1.29, 1.82) is 0 Å². The number of benzene rings is 2. The molecule has 8 nitrogen and oxygen atoms in total. The molecule has 0 bridgehead atoms. The van der Waals surface area contributed by atoms with E-state index in [0.29, 0.717) is 69.4 Å². The summed E-state index contributed by atoms with van der Waals surface area (Å²) in [5.74, 6) is -1.05. The lowest BCUT2D eigenvalue weighted by molar-refractivity contribution is -0.116. The van der Waals surface area contributed by atoms with Gasteiger partial charge in [-0.05, 0) is 74.7 Å². The number of hydrogen-bond donors (Lipinski definition) is 5. The van der Waals surface area contributed by atoms with Gasteiger partial charge in [0.25, 0.3) is 11.8 Å². The lowest BCUT2D eigenvalue weighted by Gasteiger charge is -2.11. The van der Waals surface area contributed by atoms with Crippen LogP contribution in [0.15, 0.2) is 36.4 Å². The minimum atomic E-state index is -0.430. The van der Waals surface area contributed by atoms with E-state index in [9.17, 15) is 18.8 Å². The number of anilines is 3. The lowest BCUT2D eigenvalue weighted by Crippen LogP contribution is -2.25. The molecule has 0 unspecified atom stereocenters. The Labute approximate surface area is 231 Å². The topological polar surface area (TPSA) is 115 Å². The third kappa shape index (κ3) is 6.49. The molecular formula is C29H31ClFN5O3. The number of aromatic amines is 1. The number of hydrogen-bond acceptors (Lipinski definition) is 4. The van der Waals surface area contributed by atoms with E-state index in [1.165, 1.54) is 18.2 Å². The van der Waals surface area contributed by atoms with Gasteiger partial charge in [-0.2, -0.15) is 0 Å². The van der Waals surface area contributed by atoms with Gasteiger partial charge >= 0.3 is 0 Å². The van der Waals surface area contributed by atoms with E-state index in [2.05, 4.69) is 26.3 Å². The summed E-state index contributed by atoms with van der Waals surface area (Å²) in [4.78, 5) is 40.8. The Morgan fingerprint density at radius 3 is 2.62 bits per heavy atom. The molecule has 10 heteroatoms. The molecule has 1 aromatic heterocycles. The summed E-state index contributed by atoms with van der Waals surface area (Å²) in [6, 6.07) is 9.37. The molecule has 0 fully saturated rings. The molecule has 0 spiro atoms. The number of aromatic nitrogens is 1. The van der Waals surface area contributed by atoms with Crippen LogP contribution in [0.25, 0.3) is 11.6 Å². The number of halogens is 2. The van der Waals surface area contributed by atoms with Crippen LogP contribution in [0.2, 0.25) is 5.02 Å². The van der Waals surface area contributed by atoms with E-state index >= 15 is 0 Å². The van der Waals surface area contributed by atoms with Crippen molar-refractivity contribution < 1.29 is 18.8 Å². The smallest absolute Gasteiger partial charge is 0.256 e. The van der Waals surface area contributed by atoms with E-state index in [1.54, 1.807) is 38.2 Å². The third-order valence-corrected chi connectivity index (χ3v) is 6.88. The van der Waals surface area contributed by atoms with Gasteiger partial charge in [-0.3, -0.25) is 14.4 Å². The number of unbranched alkanes of at least 4 members (excludes halogenated alkanes) is 2. The molecule has 0 saturated carbocycles. The first-order valence-electron chi connectivity index (χ1n) is 12.8. The maximum atomic E-state index is 13.8. The Morgan fingerprint density at radius 1 is 1.05 bits per heavy atom. The maximum Gasteiger partial charge on any atom is 0.256 e. The Morgan fingerprint density at radius 2 is 1.85 bits per heavy atom.